The van der Waals surface area contributed by atoms with Crippen molar-refractivity contribution in [3.05, 3.63) is 65.6 Å². The normalized spacial score (nSPS) is 12.2. The molecule has 0 amide bonds. The minimum atomic E-state index is -1.04. The van der Waals surface area contributed by atoms with Gasteiger partial charge in [0.15, 0.2) is 0 Å². The van der Waals surface area contributed by atoms with Crippen molar-refractivity contribution in [1.29, 1.82) is 0 Å². The summed E-state index contributed by atoms with van der Waals surface area (Å²) in [5.74, 6) is -0.0937. The fourth-order valence-corrected chi connectivity index (χ4v) is 2.77. The van der Waals surface area contributed by atoms with Gasteiger partial charge in [-0.05, 0) is 39.1 Å². The molecule has 2 aromatic heterocycles. The molecule has 0 bridgehead atoms. The summed E-state index contributed by atoms with van der Waals surface area (Å²) in [4.78, 5) is 8.61. The molecular weight excluding hydrogens is 379 g/mol. The van der Waals surface area contributed by atoms with Crippen LogP contribution in [0.2, 0.25) is 0 Å². The summed E-state index contributed by atoms with van der Waals surface area (Å²) in [6, 6.07) is 14.0. The standard InChI is InChI=1S/C20H17FN4O4/c21-15-7-5-14(6-8-15)13-3-1-12(2-4-13)9-17-20(28-11-16(27)10-26)23-19-18(22-17)24-29-25-19/h1-8,16,26-27H,9-11H2. The lowest BCUT2D eigenvalue weighted by atomic mass is 10.0. The fraction of sp³-hybridized carbons (Fsp3) is 0.200. The maximum absolute atomic E-state index is 13.1. The molecule has 148 valence electrons. The molecule has 0 aliphatic rings. The largest absolute Gasteiger partial charge is 0.473 e. The highest BCUT2D eigenvalue weighted by molar-refractivity contribution is 5.65. The summed E-state index contributed by atoms with van der Waals surface area (Å²) < 4.78 is 23.3. The Kier molecular flexibility index (Phi) is 5.41. The van der Waals surface area contributed by atoms with Gasteiger partial charge < -0.3 is 14.9 Å². The first-order chi connectivity index (χ1) is 14.1. The molecule has 0 aliphatic carbocycles. The quantitative estimate of drug-likeness (QED) is 0.488. The number of rotatable bonds is 7. The van der Waals surface area contributed by atoms with Crippen LogP contribution in [0, 0.1) is 5.82 Å². The van der Waals surface area contributed by atoms with E-state index in [0.29, 0.717) is 12.1 Å². The molecule has 2 N–H and O–H groups in total. The zero-order valence-electron chi connectivity index (χ0n) is 15.2. The SMILES string of the molecule is OCC(O)COc1nc2nonc2nc1Cc1ccc(-c2ccc(F)cc2)cc1. The highest BCUT2D eigenvalue weighted by Crippen LogP contribution is 2.24. The van der Waals surface area contributed by atoms with Crippen LogP contribution in [0.4, 0.5) is 4.39 Å². The molecule has 0 fully saturated rings. The van der Waals surface area contributed by atoms with E-state index in [1.165, 1.54) is 12.1 Å². The van der Waals surface area contributed by atoms with Crippen molar-refractivity contribution in [3.63, 3.8) is 0 Å². The highest BCUT2D eigenvalue weighted by Gasteiger charge is 2.16. The summed E-state index contributed by atoms with van der Waals surface area (Å²) in [5.41, 5.74) is 3.74. The molecule has 0 aliphatic heterocycles. The first-order valence-corrected chi connectivity index (χ1v) is 8.88. The molecule has 9 heteroatoms. The van der Waals surface area contributed by atoms with Crippen LogP contribution in [0.3, 0.4) is 0 Å². The molecule has 4 aromatic rings. The molecule has 2 aromatic carbocycles. The van der Waals surface area contributed by atoms with Crippen LogP contribution in [0.25, 0.3) is 22.4 Å². The number of aromatic nitrogens is 4. The summed E-state index contributed by atoms with van der Waals surface area (Å²) in [6.45, 7) is -0.570. The third kappa shape index (κ3) is 4.36. The molecule has 1 unspecified atom stereocenters. The van der Waals surface area contributed by atoms with Crippen molar-refractivity contribution in [1.82, 2.24) is 20.3 Å². The van der Waals surface area contributed by atoms with Crippen LogP contribution in [-0.4, -0.2) is 49.8 Å². The zero-order chi connectivity index (χ0) is 20.2. The Hall–Kier alpha value is -3.43. The number of aliphatic hydroxyl groups excluding tert-OH is 2. The van der Waals surface area contributed by atoms with Gasteiger partial charge in [-0.1, -0.05) is 36.4 Å². The minimum absolute atomic E-state index is 0.140. The number of halogens is 1. The summed E-state index contributed by atoms with van der Waals surface area (Å²) in [6.07, 6.45) is -0.643. The van der Waals surface area contributed by atoms with E-state index >= 15 is 0 Å². The van der Waals surface area contributed by atoms with Crippen molar-refractivity contribution < 1.29 is 24.0 Å². The Morgan fingerprint density at radius 3 is 2.21 bits per heavy atom. The zero-order valence-corrected chi connectivity index (χ0v) is 15.2. The van der Waals surface area contributed by atoms with Gasteiger partial charge in [-0.3, -0.25) is 0 Å². The lowest BCUT2D eigenvalue weighted by Gasteiger charge is -2.12. The van der Waals surface area contributed by atoms with Crippen molar-refractivity contribution in [3.8, 4) is 17.0 Å². The van der Waals surface area contributed by atoms with Crippen molar-refractivity contribution >= 4 is 11.3 Å². The van der Waals surface area contributed by atoms with Crippen LogP contribution < -0.4 is 4.74 Å². The van der Waals surface area contributed by atoms with Crippen LogP contribution in [-0.2, 0) is 6.42 Å². The predicted molar refractivity (Wildman–Crippen MR) is 101 cm³/mol. The average Bonchev–Trinajstić information content (AvgIpc) is 3.20. The van der Waals surface area contributed by atoms with Gasteiger partial charge >= 0.3 is 0 Å². The van der Waals surface area contributed by atoms with Crippen molar-refractivity contribution in [2.75, 3.05) is 13.2 Å². The first kappa shape index (κ1) is 18.9. The van der Waals surface area contributed by atoms with E-state index in [2.05, 4.69) is 24.9 Å². The summed E-state index contributed by atoms with van der Waals surface area (Å²) in [5, 5.41) is 25.8. The smallest absolute Gasteiger partial charge is 0.246 e. The number of hydrogen-bond donors (Lipinski definition) is 2. The maximum atomic E-state index is 13.1. The van der Waals surface area contributed by atoms with E-state index in [0.717, 1.165) is 16.7 Å². The molecule has 29 heavy (non-hydrogen) atoms. The third-order valence-corrected chi connectivity index (χ3v) is 4.28. The molecule has 0 radical (unpaired) electrons. The lowest BCUT2D eigenvalue weighted by Crippen LogP contribution is -2.22. The second kappa shape index (κ2) is 8.29. The highest BCUT2D eigenvalue weighted by atomic mass is 19.1. The van der Waals surface area contributed by atoms with Gasteiger partial charge in [0.2, 0.25) is 17.2 Å². The molecule has 8 nitrogen and oxygen atoms in total. The molecule has 0 spiro atoms. The second-order valence-corrected chi connectivity index (χ2v) is 6.41. The van der Waals surface area contributed by atoms with Crippen molar-refractivity contribution in [2.24, 2.45) is 0 Å². The Morgan fingerprint density at radius 2 is 1.55 bits per heavy atom. The van der Waals surface area contributed by atoms with Gasteiger partial charge in [0, 0.05) is 6.42 Å². The van der Waals surface area contributed by atoms with Gasteiger partial charge in [-0.25, -0.2) is 14.0 Å². The second-order valence-electron chi connectivity index (χ2n) is 6.41. The Labute approximate surface area is 164 Å². The van der Waals surface area contributed by atoms with E-state index in [1.807, 2.05) is 24.3 Å². The Morgan fingerprint density at radius 1 is 0.931 bits per heavy atom. The average molecular weight is 396 g/mol. The van der Waals surface area contributed by atoms with Crippen LogP contribution >= 0.6 is 0 Å². The van der Waals surface area contributed by atoms with Crippen LogP contribution in [0.5, 0.6) is 5.88 Å². The Bertz CT molecular complexity index is 1100. The molecule has 0 saturated carbocycles. The van der Waals surface area contributed by atoms with Crippen LogP contribution in [0.15, 0.2) is 53.2 Å². The number of fused-ring (bicyclic) bond motifs is 1. The molecule has 2 heterocycles. The maximum Gasteiger partial charge on any atom is 0.246 e. The van der Waals surface area contributed by atoms with Gasteiger partial charge in [-0.15, -0.1) is 0 Å². The molecular formula is C20H17FN4O4. The summed E-state index contributed by atoms with van der Waals surface area (Å²) >= 11 is 0. The van der Waals surface area contributed by atoms with Gasteiger partial charge in [0.05, 0.1) is 6.61 Å². The fourth-order valence-electron chi connectivity index (χ4n) is 2.77. The van der Waals surface area contributed by atoms with Crippen LogP contribution in [0.1, 0.15) is 11.3 Å². The summed E-state index contributed by atoms with van der Waals surface area (Å²) in [7, 11) is 0. The monoisotopic (exact) mass is 396 g/mol. The van der Waals surface area contributed by atoms with Crippen molar-refractivity contribution in [2.45, 2.75) is 12.5 Å². The lowest BCUT2D eigenvalue weighted by molar-refractivity contribution is 0.0517. The van der Waals surface area contributed by atoms with E-state index in [4.69, 9.17) is 9.84 Å². The molecule has 1 atom stereocenters. The van der Waals surface area contributed by atoms with Gasteiger partial charge in [-0.2, -0.15) is 4.98 Å². The Balaban J connectivity index is 1.58. The number of nitrogens with zero attached hydrogens (tertiary/aromatic N) is 4. The first-order valence-electron chi connectivity index (χ1n) is 8.88. The third-order valence-electron chi connectivity index (χ3n) is 4.28. The van der Waals surface area contributed by atoms with E-state index in [-0.39, 0.29) is 29.6 Å². The number of ether oxygens (including phenoxy) is 1. The minimum Gasteiger partial charge on any atom is -0.473 e. The van der Waals surface area contributed by atoms with Gasteiger partial charge in [0.25, 0.3) is 0 Å². The topological polar surface area (TPSA) is 114 Å². The van der Waals surface area contributed by atoms with E-state index in [9.17, 15) is 9.50 Å². The molecule has 4 rings (SSSR count). The number of benzene rings is 2. The van der Waals surface area contributed by atoms with Gasteiger partial charge in [0.1, 0.15) is 24.2 Å². The number of aliphatic hydroxyl groups is 2. The van der Waals surface area contributed by atoms with E-state index in [1.54, 1.807) is 12.1 Å². The van der Waals surface area contributed by atoms with E-state index < -0.39 is 12.7 Å². The number of hydrogen-bond acceptors (Lipinski definition) is 8. The predicted octanol–water partition coefficient (Wildman–Crippen LogP) is 2.14. The molecule has 0 saturated heterocycles.